The van der Waals surface area contributed by atoms with E-state index in [9.17, 15) is 22.4 Å². The van der Waals surface area contributed by atoms with Crippen LogP contribution >= 0.6 is 11.3 Å². The standard InChI is InChI=1S/C21H21F4N5O2S/c22-12-9-26-7-6-13(12)27-14-3-1-2-10-11(8-21(23,24)25)18(33-17(10)14)19-29-20(32-30-19)15-4-5-16(31)28-15/h1-3,12-13,15,26-27H,4-9H2,(H,28,31)/t12-,13+,15-/m0/s1. The lowest BCUT2D eigenvalue weighted by Crippen LogP contribution is -2.45. The Bertz CT molecular complexity index is 1180. The molecule has 4 heterocycles. The molecule has 33 heavy (non-hydrogen) atoms. The van der Waals surface area contributed by atoms with E-state index in [1.165, 1.54) is 0 Å². The molecule has 0 spiro atoms. The van der Waals surface area contributed by atoms with E-state index in [4.69, 9.17) is 4.52 Å². The van der Waals surface area contributed by atoms with Gasteiger partial charge in [-0.05, 0) is 36.4 Å². The number of hydrogen-bond acceptors (Lipinski definition) is 7. The van der Waals surface area contributed by atoms with Gasteiger partial charge in [0, 0.05) is 13.0 Å². The van der Waals surface area contributed by atoms with Gasteiger partial charge in [0.25, 0.3) is 0 Å². The molecule has 3 aromatic rings. The first-order valence-corrected chi connectivity index (χ1v) is 11.5. The van der Waals surface area contributed by atoms with Crippen molar-refractivity contribution >= 4 is 33.0 Å². The van der Waals surface area contributed by atoms with Crippen molar-refractivity contribution in [1.29, 1.82) is 0 Å². The zero-order chi connectivity index (χ0) is 23.2. The third kappa shape index (κ3) is 4.54. The SMILES string of the molecule is O=C1CC[C@@H](c2nc(-c3sc4c(N[C@@H]5CCNC[C@@H]5F)cccc4c3CC(F)(F)F)no2)N1. The normalized spacial score (nSPS) is 23.8. The summed E-state index contributed by atoms with van der Waals surface area (Å²) in [4.78, 5) is 16.0. The maximum absolute atomic E-state index is 14.4. The molecule has 0 saturated carbocycles. The van der Waals surface area contributed by atoms with Crippen molar-refractivity contribution in [3.63, 3.8) is 0 Å². The van der Waals surface area contributed by atoms with Crippen molar-refractivity contribution in [2.75, 3.05) is 18.4 Å². The number of piperidine rings is 1. The molecule has 3 N–H and O–H groups in total. The molecule has 1 amide bonds. The number of hydrogen-bond donors (Lipinski definition) is 3. The van der Waals surface area contributed by atoms with Crippen molar-refractivity contribution in [3.8, 4) is 10.7 Å². The van der Waals surface area contributed by atoms with Crippen LogP contribution in [0, 0.1) is 0 Å². The van der Waals surface area contributed by atoms with Gasteiger partial charge in [-0.25, -0.2) is 4.39 Å². The highest BCUT2D eigenvalue weighted by Crippen LogP contribution is 2.44. The number of benzene rings is 1. The summed E-state index contributed by atoms with van der Waals surface area (Å²) in [6.45, 7) is 0.887. The maximum atomic E-state index is 14.4. The molecule has 12 heteroatoms. The molecule has 2 aromatic heterocycles. The van der Waals surface area contributed by atoms with Gasteiger partial charge < -0.3 is 20.5 Å². The van der Waals surface area contributed by atoms with Crippen LogP contribution in [0.3, 0.4) is 0 Å². The Labute approximate surface area is 189 Å². The minimum absolute atomic E-state index is 0.0442. The molecule has 1 aromatic carbocycles. The lowest BCUT2D eigenvalue weighted by atomic mass is 10.0. The van der Waals surface area contributed by atoms with E-state index in [2.05, 4.69) is 26.1 Å². The number of thiophene rings is 1. The van der Waals surface area contributed by atoms with Gasteiger partial charge in [0.2, 0.25) is 17.6 Å². The Morgan fingerprint density at radius 3 is 2.85 bits per heavy atom. The van der Waals surface area contributed by atoms with Crippen LogP contribution < -0.4 is 16.0 Å². The van der Waals surface area contributed by atoms with Crippen molar-refractivity contribution < 1.29 is 26.9 Å². The van der Waals surface area contributed by atoms with Crippen LogP contribution in [-0.2, 0) is 11.2 Å². The maximum Gasteiger partial charge on any atom is 0.393 e. The summed E-state index contributed by atoms with van der Waals surface area (Å²) in [5, 5.41) is 13.2. The fourth-order valence-corrected chi connectivity index (χ4v) is 5.51. The van der Waals surface area contributed by atoms with Crippen LogP contribution in [0.25, 0.3) is 20.8 Å². The number of halogens is 4. The van der Waals surface area contributed by atoms with Gasteiger partial charge in [-0.1, -0.05) is 17.3 Å². The summed E-state index contributed by atoms with van der Waals surface area (Å²) < 4.78 is 60.7. The predicted molar refractivity (Wildman–Crippen MR) is 115 cm³/mol. The van der Waals surface area contributed by atoms with E-state index in [1.54, 1.807) is 18.2 Å². The molecule has 0 radical (unpaired) electrons. The largest absolute Gasteiger partial charge is 0.393 e. The van der Waals surface area contributed by atoms with Crippen LogP contribution in [0.4, 0.5) is 23.2 Å². The van der Waals surface area contributed by atoms with Gasteiger partial charge in [0.15, 0.2) is 0 Å². The van der Waals surface area contributed by atoms with Crippen LogP contribution in [0.1, 0.15) is 36.8 Å². The molecule has 2 aliphatic rings. The molecule has 0 bridgehead atoms. The van der Waals surface area contributed by atoms with Gasteiger partial charge in [-0.15, -0.1) is 11.3 Å². The number of fused-ring (bicyclic) bond motifs is 1. The Morgan fingerprint density at radius 2 is 2.12 bits per heavy atom. The minimum Gasteiger partial charge on any atom is -0.378 e. The lowest BCUT2D eigenvalue weighted by molar-refractivity contribution is -0.126. The van der Waals surface area contributed by atoms with E-state index < -0.39 is 30.9 Å². The zero-order valence-corrected chi connectivity index (χ0v) is 18.2. The summed E-state index contributed by atoms with van der Waals surface area (Å²) in [7, 11) is 0. The first-order valence-electron chi connectivity index (χ1n) is 10.6. The molecule has 2 aliphatic heterocycles. The second kappa shape index (κ2) is 8.56. The zero-order valence-electron chi connectivity index (χ0n) is 17.3. The first kappa shape index (κ1) is 22.1. The molecular formula is C21H21F4N5O2S. The van der Waals surface area contributed by atoms with Gasteiger partial charge in [0.05, 0.1) is 27.7 Å². The smallest absolute Gasteiger partial charge is 0.378 e. The number of nitrogens with zero attached hydrogens (tertiary/aromatic N) is 2. The topological polar surface area (TPSA) is 92.1 Å². The molecular weight excluding hydrogens is 462 g/mol. The summed E-state index contributed by atoms with van der Waals surface area (Å²) >= 11 is 1.12. The number of nitrogens with one attached hydrogen (secondary N) is 3. The van der Waals surface area contributed by atoms with Gasteiger partial charge in [-0.3, -0.25) is 4.79 Å². The van der Waals surface area contributed by atoms with Gasteiger partial charge in [0.1, 0.15) is 12.2 Å². The summed E-state index contributed by atoms with van der Waals surface area (Å²) in [6.07, 6.45) is -5.34. The number of rotatable bonds is 5. The average molecular weight is 483 g/mol. The first-order chi connectivity index (χ1) is 15.8. The number of amides is 1. The number of carbonyl (C=O) groups is 1. The molecule has 176 valence electrons. The fraction of sp³-hybridized carbons (Fsp3) is 0.476. The van der Waals surface area contributed by atoms with E-state index in [1.807, 2.05) is 0 Å². The highest BCUT2D eigenvalue weighted by atomic mass is 32.1. The number of carbonyl (C=O) groups excluding carboxylic acids is 1. The number of anilines is 1. The lowest BCUT2D eigenvalue weighted by Gasteiger charge is -2.28. The average Bonchev–Trinajstić information content (AvgIpc) is 3.48. The molecule has 2 fully saturated rings. The van der Waals surface area contributed by atoms with Crippen LogP contribution in [0.5, 0.6) is 0 Å². The Hall–Kier alpha value is -2.73. The monoisotopic (exact) mass is 483 g/mol. The Kier molecular flexibility index (Phi) is 5.73. The van der Waals surface area contributed by atoms with Crippen molar-refractivity contribution in [1.82, 2.24) is 20.8 Å². The van der Waals surface area contributed by atoms with E-state index in [0.717, 1.165) is 11.3 Å². The molecule has 7 nitrogen and oxygen atoms in total. The summed E-state index contributed by atoms with van der Waals surface area (Å²) in [6, 6.07) is 4.14. The van der Waals surface area contributed by atoms with Crippen molar-refractivity contribution in [3.05, 3.63) is 29.7 Å². The summed E-state index contributed by atoms with van der Waals surface area (Å²) in [5.41, 5.74) is 0.629. The second-order valence-electron chi connectivity index (χ2n) is 8.26. The number of aromatic nitrogens is 2. The van der Waals surface area contributed by atoms with Crippen molar-refractivity contribution in [2.24, 2.45) is 0 Å². The second-order valence-corrected chi connectivity index (χ2v) is 9.28. The summed E-state index contributed by atoms with van der Waals surface area (Å²) in [5.74, 6) is 0.0709. The van der Waals surface area contributed by atoms with E-state index in [0.29, 0.717) is 41.6 Å². The minimum atomic E-state index is -4.45. The fourth-order valence-electron chi connectivity index (χ4n) is 4.29. The van der Waals surface area contributed by atoms with Crippen LogP contribution in [0.2, 0.25) is 0 Å². The van der Waals surface area contributed by atoms with Gasteiger partial charge in [-0.2, -0.15) is 18.2 Å². The molecule has 3 atom stereocenters. The van der Waals surface area contributed by atoms with Crippen LogP contribution in [0.15, 0.2) is 22.7 Å². The Balaban J connectivity index is 1.55. The highest BCUT2D eigenvalue weighted by Gasteiger charge is 2.34. The van der Waals surface area contributed by atoms with Crippen molar-refractivity contribution in [2.45, 2.75) is 50.1 Å². The third-order valence-electron chi connectivity index (χ3n) is 5.88. The molecule has 0 aliphatic carbocycles. The molecule has 2 saturated heterocycles. The van der Waals surface area contributed by atoms with E-state index in [-0.39, 0.29) is 34.6 Å². The predicted octanol–water partition coefficient (Wildman–Crippen LogP) is 4.12. The third-order valence-corrected chi connectivity index (χ3v) is 7.16. The molecule has 5 rings (SSSR count). The Morgan fingerprint density at radius 1 is 1.27 bits per heavy atom. The van der Waals surface area contributed by atoms with E-state index >= 15 is 0 Å². The highest BCUT2D eigenvalue weighted by molar-refractivity contribution is 7.23. The quantitative estimate of drug-likeness (QED) is 0.473. The molecule has 0 unspecified atom stereocenters. The van der Waals surface area contributed by atoms with Crippen LogP contribution in [-0.4, -0.2) is 47.5 Å². The van der Waals surface area contributed by atoms with Gasteiger partial charge >= 0.3 is 6.18 Å². The number of alkyl halides is 4.